The Hall–Kier alpha value is -1.82. The fourth-order valence-corrected chi connectivity index (χ4v) is 3.13. The molecule has 1 fully saturated rings. The summed E-state index contributed by atoms with van der Waals surface area (Å²) in [5.74, 6) is 1.18. The highest BCUT2D eigenvalue weighted by Crippen LogP contribution is 2.37. The second-order valence-electron chi connectivity index (χ2n) is 6.02. The van der Waals surface area contributed by atoms with Crippen molar-refractivity contribution in [3.63, 3.8) is 0 Å². The lowest BCUT2D eigenvalue weighted by atomic mass is 10.2. The van der Waals surface area contributed by atoms with Crippen LogP contribution in [0.2, 0.25) is 5.02 Å². The van der Waals surface area contributed by atoms with E-state index in [1.54, 1.807) is 19.5 Å². The average Bonchev–Trinajstić information content (AvgIpc) is 3.15. The van der Waals surface area contributed by atoms with E-state index in [1.807, 2.05) is 24.3 Å². The van der Waals surface area contributed by atoms with Crippen LogP contribution >= 0.6 is 11.6 Å². The molecule has 1 aromatic heterocycles. The standard InChI is InChI=1S/C19H23ClN2O3/c1-23-18-9-15(11-22-12-16-5-3-7-24-16)8-17(20)19(18)25-13-14-4-2-6-21-10-14/h2,4,6,8-10,16,22H,3,5,7,11-13H2,1H3/t16-/m1/s1. The highest BCUT2D eigenvalue weighted by atomic mass is 35.5. The van der Waals surface area contributed by atoms with E-state index in [0.717, 1.165) is 37.1 Å². The zero-order chi connectivity index (χ0) is 17.5. The van der Waals surface area contributed by atoms with Crippen molar-refractivity contribution in [3.8, 4) is 11.5 Å². The van der Waals surface area contributed by atoms with Crippen molar-refractivity contribution in [2.45, 2.75) is 32.1 Å². The fourth-order valence-electron chi connectivity index (χ4n) is 2.84. The minimum Gasteiger partial charge on any atom is -0.493 e. The van der Waals surface area contributed by atoms with E-state index in [2.05, 4.69) is 10.3 Å². The third-order valence-corrected chi connectivity index (χ3v) is 4.40. The number of rotatable bonds is 8. The number of pyridine rings is 1. The van der Waals surface area contributed by atoms with Crippen molar-refractivity contribution in [2.24, 2.45) is 0 Å². The molecule has 1 saturated heterocycles. The molecule has 0 aliphatic carbocycles. The van der Waals surface area contributed by atoms with Crippen LogP contribution in [0.1, 0.15) is 24.0 Å². The lowest BCUT2D eigenvalue weighted by Gasteiger charge is -2.15. The van der Waals surface area contributed by atoms with Gasteiger partial charge in [0.1, 0.15) is 6.61 Å². The largest absolute Gasteiger partial charge is 0.493 e. The van der Waals surface area contributed by atoms with Crippen molar-refractivity contribution in [1.29, 1.82) is 0 Å². The molecule has 0 saturated carbocycles. The van der Waals surface area contributed by atoms with Crippen LogP contribution in [0.25, 0.3) is 0 Å². The van der Waals surface area contributed by atoms with Crippen molar-refractivity contribution < 1.29 is 14.2 Å². The van der Waals surface area contributed by atoms with Crippen molar-refractivity contribution in [1.82, 2.24) is 10.3 Å². The summed E-state index contributed by atoms with van der Waals surface area (Å²) in [5, 5.41) is 3.95. The number of hydrogen-bond donors (Lipinski definition) is 1. The first-order valence-electron chi connectivity index (χ1n) is 8.46. The maximum absolute atomic E-state index is 6.41. The predicted molar refractivity (Wildman–Crippen MR) is 97.3 cm³/mol. The molecular formula is C19H23ClN2O3. The van der Waals surface area contributed by atoms with Gasteiger partial charge in [-0.1, -0.05) is 17.7 Å². The molecule has 134 valence electrons. The molecule has 6 heteroatoms. The second kappa shape index (κ2) is 9.04. The topological polar surface area (TPSA) is 52.6 Å². The Kier molecular flexibility index (Phi) is 6.50. The molecule has 0 bridgehead atoms. The maximum Gasteiger partial charge on any atom is 0.180 e. The smallest absolute Gasteiger partial charge is 0.180 e. The normalized spacial score (nSPS) is 16.8. The van der Waals surface area contributed by atoms with Gasteiger partial charge in [-0.15, -0.1) is 0 Å². The van der Waals surface area contributed by atoms with Crippen LogP contribution < -0.4 is 14.8 Å². The lowest BCUT2D eigenvalue weighted by molar-refractivity contribution is 0.110. The van der Waals surface area contributed by atoms with Gasteiger partial charge in [0.05, 0.1) is 18.2 Å². The monoisotopic (exact) mass is 362 g/mol. The predicted octanol–water partition coefficient (Wildman–Crippen LogP) is 3.59. The van der Waals surface area contributed by atoms with E-state index in [9.17, 15) is 0 Å². The molecule has 0 spiro atoms. The second-order valence-corrected chi connectivity index (χ2v) is 6.43. The molecule has 1 aliphatic heterocycles. The van der Waals surface area contributed by atoms with Crippen molar-refractivity contribution in [2.75, 3.05) is 20.3 Å². The first-order valence-corrected chi connectivity index (χ1v) is 8.84. The Morgan fingerprint density at radius 1 is 1.36 bits per heavy atom. The number of halogens is 1. The quantitative estimate of drug-likeness (QED) is 0.777. The third kappa shape index (κ3) is 5.08. The van der Waals surface area contributed by atoms with Gasteiger partial charge in [0, 0.05) is 37.7 Å². The first-order chi connectivity index (χ1) is 12.3. The summed E-state index contributed by atoms with van der Waals surface area (Å²) < 4.78 is 16.9. The third-order valence-electron chi connectivity index (χ3n) is 4.12. The number of benzene rings is 1. The minimum atomic E-state index is 0.319. The summed E-state index contributed by atoms with van der Waals surface area (Å²) in [6.45, 7) is 2.81. The van der Waals surface area contributed by atoms with Crippen LogP contribution in [0.15, 0.2) is 36.7 Å². The number of ether oxygens (including phenoxy) is 3. The zero-order valence-corrected chi connectivity index (χ0v) is 15.1. The number of methoxy groups -OCH3 is 1. The fraction of sp³-hybridized carbons (Fsp3) is 0.421. The average molecular weight is 363 g/mol. The van der Waals surface area contributed by atoms with Gasteiger partial charge < -0.3 is 19.5 Å². The number of hydrogen-bond acceptors (Lipinski definition) is 5. The maximum atomic E-state index is 6.41. The van der Waals surface area contributed by atoms with E-state index >= 15 is 0 Å². The summed E-state index contributed by atoms with van der Waals surface area (Å²) in [6.07, 6.45) is 6.09. The Morgan fingerprint density at radius 2 is 2.28 bits per heavy atom. The molecular weight excluding hydrogens is 340 g/mol. The molecule has 0 unspecified atom stereocenters. The summed E-state index contributed by atoms with van der Waals surface area (Å²) in [6, 6.07) is 7.69. The van der Waals surface area contributed by atoms with Gasteiger partial charge in [0.15, 0.2) is 11.5 Å². The molecule has 2 aromatic rings. The van der Waals surface area contributed by atoms with Gasteiger partial charge in [0.25, 0.3) is 0 Å². The van der Waals surface area contributed by atoms with Gasteiger partial charge >= 0.3 is 0 Å². The molecule has 5 nitrogen and oxygen atoms in total. The Balaban J connectivity index is 1.61. The van der Waals surface area contributed by atoms with Crippen LogP contribution in [0.4, 0.5) is 0 Å². The molecule has 25 heavy (non-hydrogen) atoms. The highest BCUT2D eigenvalue weighted by Gasteiger charge is 2.16. The van der Waals surface area contributed by atoms with Gasteiger partial charge in [-0.2, -0.15) is 0 Å². The van der Waals surface area contributed by atoms with Crippen LogP contribution in [-0.4, -0.2) is 31.3 Å². The Morgan fingerprint density at radius 3 is 3.00 bits per heavy atom. The summed E-state index contributed by atoms with van der Waals surface area (Å²) in [7, 11) is 1.62. The van der Waals surface area contributed by atoms with E-state index in [-0.39, 0.29) is 0 Å². The SMILES string of the molecule is COc1cc(CNC[C@H]2CCCO2)cc(Cl)c1OCc1cccnc1. The molecule has 1 aromatic carbocycles. The minimum absolute atomic E-state index is 0.319. The summed E-state index contributed by atoms with van der Waals surface area (Å²) >= 11 is 6.41. The lowest BCUT2D eigenvalue weighted by Crippen LogP contribution is -2.25. The van der Waals surface area contributed by atoms with E-state index in [4.69, 9.17) is 25.8 Å². The molecule has 1 aliphatic rings. The van der Waals surface area contributed by atoms with Crippen molar-refractivity contribution in [3.05, 3.63) is 52.8 Å². The number of aromatic nitrogens is 1. The van der Waals surface area contributed by atoms with E-state index in [0.29, 0.717) is 35.8 Å². The van der Waals surface area contributed by atoms with Gasteiger partial charge in [0.2, 0.25) is 0 Å². The van der Waals surface area contributed by atoms with Gasteiger partial charge in [-0.3, -0.25) is 4.98 Å². The van der Waals surface area contributed by atoms with E-state index in [1.165, 1.54) is 0 Å². The van der Waals surface area contributed by atoms with Gasteiger partial charge in [-0.05, 0) is 36.6 Å². The van der Waals surface area contributed by atoms with Crippen molar-refractivity contribution >= 4 is 11.6 Å². The molecule has 0 amide bonds. The number of nitrogens with one attached hydrogen (secondary N) is 1. The zero-order valence-electron chi connectivity index (χ0n) is 14.3. The molecule has 1 atom stereocenters. The van der Waals surface area contributed by atoms with Crippen LogP contribution in [0.3, 0.4) is 0 Å². The Bertz CT molecular complexity index is 676. The van der Waals surface area contributed by atoms with E-state index < -0.39 is 0 Å². The van der Waals surface area contributed by atoms with Crippen LogP contribution in [0.5, 0.6) is 11.5 Å². The number of nitrogens with zero attached hydrogens (tertiary/aromatic N) is 1. The summed E-state index contributed by atoms with van der Waals surface area (Å²) in [4.78, 5) is 4.08. The highest BCUT2D eigenvalue weighted by molar-refractivity contribution is 6.32. The molecule has 2 heterocycles. The Labute approximate surface area is 153 Å². The first kappa shape index (κ1) is 18.0. The summed E-state index contributed by atoms with van der Waals surface area (Å²) in [5.41, 5.74) is 2.02. The molecule has 1 N–H and O–H groups in total. The van der Waals surface area contributed by atoms with Gasteiger partial charge in [-0.25, -0.2) is 0 Å². The molecule has 0 radical (unpaired) electrons. The van der Waals surface area contributed by atoms with Crippen LogP contribution in [-0.2, 0) is 17.9 Å². The molecule has 3 rings (SSSR count). The van der Waals surface area contributed by atoms with Crippen LogP contribution in [0, 0.1) is 0 Å².